The highest BCUT2D eigenvalue weighted by atomic mass is 16.5. The first-order valence-electron chi connectivity index (χ1n) is 8.50. The van der Waals surface area contributed by atoms with E-state index in [0.717, 1.165) is 16.8 Å². The normalized spacial score (nSPS) is 35.3. The van der Waals surface area contributed by atoms with Crippen LogP contribution < -0.4 is 4.90 Å². The summed E-state index contributed by atoms with van der Waals surface area (Å²) in [6.45, 7) is 7.88. The van der Waals surface area contributed by atoms with Gasteiger partial charge in [0.2, 0.25) is 5.91 Å². The molecule has 3 aliphatic rings. The minimum atomic E-state index is -0.977. The molecule has 5 nitrogen and oxygen atoms in total. The number of rotatable bonds is 4. The molecule has 0 saturated carbocycles. The molecule has 0 radical (unpaired) electrons. The predicted octanol–water partition coefficient (Wildman–Crippen LogP) is 2.70. The Morgan fingerprint density at radius 1 is 1.40 bits per heavy atom. The van der Waals surface area contributed by atoms with Crippen molar-refractivity contribution in [2.45, 2.75) is 38.0 Å². The number of carbonyl (C=O) groups excluding carboxylic acids is 1. The number of carbonyl (C=O) groups is 2. The van der Waals surface area contributed by atoms with Crippen LogP contribution in [0.3, 0.4) is 0 Å². The van der Waals surface area contributed by atoms with Crippen molar-refractivity contribution >= 4 is 17.6 Å². The number of carboxylic acids is 1. The molecule has 1 aromatic carbocycles. The first kappa shape index (κ1) is 16.1. The van der Waals surface area contributed by atoms with Crippen molar-refractivity contribution < 1.29 is 19.4 Å². The molecule has 0 aromatic heterocycles. The molecule has 2 fully saturated rings. The van der Waals surface area contributed by atoms with E-state index in [0.29, 0.717) is 6.42 Å². The van der Waals surface area contributed by atoms with E-state index in [1.807, 2.05) is 44.2 Å². The van der Waals surface area contributed by atoms with Gasteiger partial charge in [-0.15, -0.1) is 6.58 Å². The Balaban J connectivity index is 1.87. The van der Waals surface area contributed by atoms with E-state index in [9.17, 15) is 14.7 Å². The number of carboxylic acid groups (broad SMARTS) is 1. The second-order valence-corrected chi connectivity index (χ2v) is 7.31. The molecule has 0 unspecified atom stereocenters. The minimum absolute atomic E-state index is 0.167. The van der Waals surface area contributed by atoms with Crippen molar-refractivity contribution in [3.05, 3.63) is 54.1 Å². The van der Waals surface area contributed by atoms with Gasteiger partial charge in [0, 0.05) is 5.69 Å². The number of hydrogen-bond donors (Lipinski definition) is 1. The SMILES string of the molecule is C=C(C)C[C@H]1N(c2ccccc2C)C(=O)[C@@H]2[C@@H](C(=O)O)[C@H]3C=C[C@]21O3. The Morgan fingerprint density at radius 3 is 2.76 bits per heavy atom. The summed E-state index contributed by atoms with van der Waals surface area (Å²) in [4.78, 5) is 26.9. The number of ether oxygens (including phenoxy) is 1. The largest absolute Gasteiger partial charge is 0.481 e. The second-order valence-electron chi connectivity index (χ2n) is 7.31. The van der Waals surface area contributed by atoms with Gasteiger partial charge in [0.15, 0.2) is 0 Å². The van der Waals surface area contributed by atoms with Crippen LogP contribution in [0.15, 0.2) is 48.6 Å². The van der Waals surface area contributed by atoms with Crippen LogP contribution in [0, 0.1) is 18.8 Å². The monoisotopic (exact) mass is 339 g/mol. The fraction of sp³-hybridized carbons (Fsp3) is 0.400. The smallest absolute Gasteiger partial charge is 0.310 e. The van der Waals surface area contributed by atoms with Crippen LogP contribution in [-0.4, -0.2) is 34.7 Å². The minimum Gasteiger partial charge on any atom is -0.481 e. The molecule has 5 atom stereocenters. The van der Waals surface area contributed by atoms with Gasteiger partial charge in [-0.2, -0.15) is 0 Å². The molecule has 3 aliphatic heterocycles. The lowest BCUT2D eigenvalue weighted by Gasteiger charge is -2.34. The van der Waals surface area contributed by atoms with Gasteiger partial charge in [-0.3, -0.25) is 9.59 Å². The summed E-state index contributed by atoms with van der Waals surface area (Å²) >= 11 is 0. The highest BCUT2D eigenvalue weighted by molar-refractivity contribution is 6.03. The number of fused-ring (bicyclic) bond motifs is 1. The van der Waals surface area contributed by atoms with Crippen molar-refractivity contribution in [2.24, 2.45) is 11.8 Å². The summed E-state index contributed by atoms with van der Waals surface area (Å²) in [6, 6.07) is 7.39. The van der Waals surface area contributed by atoms with Gasteiger partial charge in [0.05, 0.1) is 18.1 Å². The van der Waals surface area contributed by atoms with E-state index in [1.165, 1.54) is 0 Å². The Hall–Kier alpha value is -2.40. The molecular formula is C20H21NO4. The molecule has 0 aliphatic carbocycles. The zero-order chi connectivity index (χ0) is 17.9. The second kappa shape index (κ2) is 5.30. The van der Waals surface area contributed by atoms with Crippen molar-refractivity contribution in [1.82, 2.24) is 0 Å². The summed E-state index contributed by atoms with van der Waals surface area (Å²) in [5, 5.41) is 9.67. The van der Waals surface area contributed by atoms with Gasteiger partial charge >= 0.3 is 5.97 Å². The lowest BCUT2D eigenvalue weighted by atomic mass is 9.74. The molecule has 1 spiro atoms. The summed E-state index contributed by atoms with van der Waals surface area (Å²) in [5.74, 6) is -2.67. The van der Waals surface area contributed by atoms with Crippen molar-refractivity contribution in [1.29, 1.82) is 0 Å². The van der Waals surface area contributed by atoms with E-state index in [1.54, 1.807) is 11.0 Å². The molecule has 4 rings (SSSR count). The average Bonchev–Trinajstić information content (AvgIpc) is 3.18. The third-order valence-electron chi connectivity index (χ3n) is 5.62. The maximum atomic E-state index is 13.4. The topological polar surface area (TPSA) is 66.8 Å². The molecule has 2 bridgehead atoms. The van der Waals surface area contributed by atoms with Gasteiger partial charge in [-0.05, 0) is 31.9 Å². The Labute approximate surface area is 146 Å². The molecule has 1 N–H and O–H groups in total. The lowest BCUT2D eigenvalue weighted by Crippen LogP contribution is -2.45. The molecule has 1 amide bonds. The molecule has 2 saturated heterocycles. The number of aliphatic carboxylic acids is 1. The number of aryl methyl sites for hydroxylation is 1. The van der Waals surface area contributed by atoms with Gasteiger partial charge in [-0.25, -0.2) is 0 Å². The van der Waals surface area contributed by atoms with Crippen LogP contribution in [0.2, 0.25) is 0 Å². The fourth-order valence-corrected chi connectivity index (χ4v) is 4.63. The zero-order valence-corrected chi connectivity index (χ0v) is 14.3. The Bertz CT molecular complexity index is 814. The van der Waals surface area contributed by atoms with Gasteiger partial charge < -0.3 is 14.7 Å². The standard InChI is InChI=1S/C20H21NO4/c1-11(2)10-15-20-9-8-14(25-20)16(19(23)24)17(20)18(22)21(15)13-7-5-4-6-12(13)3/h4-9,14-17H,1,10H2,2-3H3,(H,23,24)/t14-,15-,16+,17+,20-/m1/s1. The first-order valence-corrected chi connectivity index (χ1v) is 8.50. The van der Waals surface area contributed by atoms with Gasteiger partial charge in [0.1, 0.15) is 11.5 Å². The van der Waals surface area contributed by atoms with Crippen molar-refractivity contribution in [2.75, 3.05) is 4.90 Å². The summed E-state index contributed by atoms with van der Waals surface area (Å²) in [7, 11) is 0. The number of anilines is 1. The Kier molecular flexibility index (Phi) is 3.41. The molecule has 5 heteroatoms. The molecule has 3 heterocycles. The maximum Gasteiger partial charge on any atom is 0.310 e. The maximum absolute atomic E-state index is 13.4. The van der Waals surface area contributed by atoms with Crippen LogP contribution in [-0.2, 0) is 14.3 Å². The molecular weight excluding hydrogens is 318 g/mol. The third kappa shape index (κ3) is 2.05. The predicted molar refractivity (Wildman–Crippen MR) is 93.2 cm³/mol. The van der Waals surface area contributed by atoms with Gasteiger partial charge in [-0.1, -0.05) is 35.9 Å². The van der Waals surface area contributed by atoms with Crippen LogP contribution in [0.1, 0.15) is 18.9 Å². The highest BCUT2D eigenvalue weighted by Crippen LogP contribution is 2.57. The lowest BCUT2D eigenvalue weighted by molar-refractivity contribution is -0.146. The number of amides is 1. The quantitative estimate of drug-likeness (QED) is 0.857. The van der Waals surface area contributed by atoms with E-state index in [2.05, 4.69) is 6.58 Å². The fourth-order valence-electron chi connectivity index (χ4n) is 4.63. The number of hydrogen-bond acceptors (Lipinski definition) is 3. The third-order valence-corrected chi connectivity index (χ3v) is 5.62. The van der Waals surface area contributed by atoms with Gasteiger partial charge in [0.25, 0.3) is 0 Å². The summed E-state index contributed by atoms with van der Waals surface area (Å²) < 4.78 is 6.14. The van der Waals surface area contributed by atoms with Crippen LogP contribution in [0.4, 0.5) is 5.69 Å². The molecule has 1 aromatic rings. The number of nitrogens with zero attached hydrogens (tertiary/aromatic N) is 1. The first-order chi connectivity index (χ1) is 11.9. The van der Waals surface area contributed by atoms with E-state index < -0.39 is 29.5 Å². The van der Waals surface area contributed by atoms with Crippen molar-refractivity contribution in [3.8, 4) is 0 Å². The van der Waals surface area contributed by atoms with Crippen LogP contribution in [0.5, 0.6) is 0 Å². The van der Waals surface area contributed by atoms with Crippen molar-refractivity contribution in [3.63, 3.8) is 0 Å². The molecule has 130 valence electrons. The van der Waals surface area contributed by atoms with Crippen LogP contribution in [0.25, 0.3) is 0 Å². The number of para-hydroxylation sites is 1. The summed E-state index contributed by atoms with van der Waals surface area (Å²) in [6.07, 6.45) is 3.75. The highest BCUT2D eigenvalue weighted by Gasteiger charge is 2.71. The van der Waals surface area contributed by atoms with E-state index in [-0.39, 0.29) is 11.9 Å². The van der Waals surface area contributed by atoms with Crippen LogP contribution >= 0.6 is 0 Å². The number of benzene rings is 1. The summed E-state index contributed by atoms with van der Waals surface area (Å²) in [5.41, 5.74) is 1.84. The average molecular weight is 339 g/mol. The Morgan fingerprint density at radius 2 is 2.12 bits per heavy atom. The zero-order valence-electron chi connectivity index (χ0n) is 14.3. The van der Waals surface area contributed by atoms with E-state index in [4.69, 9.17) is 4.74 Å². The van der Waals surface area contributed by atoms with E-state index >= 15 is 0 Å². The molecule has 25 heavy (non-hydrogen) atoms.